The first kappa shape index (κ1) is 28.3. The summed E-state index contributed by atoms with van der Waals surface area (Å²) >= 11 is 0. The molecule has 1 rings (SSSR count). The Kier molecular flexibility index (Phi) is 10.4. The van der Waals surface area contributed by atoms with Crippen LogP contribution >= 0.6 is 0 Å². The summed E-state index contributed by atoms with van der Waals surface area (Å²) in [5.41, 5.74) is -2.49. The van der Waals surface area contributed by atoms with E-state index in [-0.39, 0.29) is 24.3 Å². The fraction of sp³-hybridized carbons (Fsp3) is 0.958. The normalized spacial score (nSPS) is 44.9. The summed E-state index contributed by atoms with van der Waals surface area (Å²) in [7, 11) is 3.47. The van der Waals surface area contributed by atoms with Crippen molar-refractivity contribution in [3.8, 4) is 0 Å². The SMILES string of the molecule is CC[C@H]1OC(=O)[C@H](C)[C@@H](OC)[C@H](C)C[C@](C)(O)C[C@@H](C)CN(C)[C@H](C)[C@@H](O)[C@@]1(O)CC. The molecule has 0 aromatic carbocycles. The van der Waals surface area contributed by atoms with Gasteiger partial charge in [-0.05, 0) is 65.3 Å². The van der Waals surface area contributed by atoms with E-state index in [1.807, 2.05) is 39.6 Å². The zero-order valence-corrected chi connectivity index (χ0v) is 21.1. The van der Waals surface area contributed by atoms with Gasteiger partial charge in [-0.15, -0.1) is 0 Å². The molecule has 184 valence electrons. The van der Waals surface area contributed by atoms with Crippen LogP contribution < -0.4 is 0 Å². The van der Waals surface area contributed by atoms with Gasteiger partial charge in [0.2, 0.25) is 0 Å². The maximum Gasteiger partial charge on any atom is 0.311 e. The minimum atomic E-state index is -1.57. The quantitative estimate of drug-likeness (QED) is 0.574. The molecule has 1 heterocycles. The fourth-order valence-corrected chi connectivity index (χ4v) is 5.50. The molecule has 0 aromatic rings. The fourth-order valence-electron chi connectivity index (χ4n) is 5.50. The monoisotopic (exact) mass is 445 g/mol. The Morgan fingerprint density at radius 1 is 1.16 bits per heavy atom. The van der Waals surface area contributed by atoms with Gasteiger partial charge in [0.25, 0.3) is 0 Å². The molecule has 0 bridgehead atoms. The molecule has 1 fully saturated rings. The van der Waals surface area contributed by atoms with Crippen LogP contribution in [-0.2, 0) is 14.3 Å². The van der Waals surface area contributed by atoms with E-state index >= 15 is 0 Å². The highest BCUT2D eigenvalue weighted by atomic mass is 16.6. The zero-order valence-electron chi connectivity index (χ0n) is 21.1. The van der Waals surface area contributed by atoms with E-state index in [4.69, 9.17) is 9.47 Å². The summed E-state index contributed by atoms with van der Waals surface area (Å²) < 4.78 is 11.5. The number of carbonyl (C=O) groups excluding carboxylic acids is 1. The molecule has 7 nitrogen and oxygen atoms in total. The lowest BCUT2D eigenvalue weighted by Crippen LogP contribution is -2.60. The predicted molar refractivity (Wildman–Crippen MR) is 122 cm³/mol. The lowest BCUT2D eigenvalue weighted by molar-refractivity contribution is -0.198. The van der Waals surface area contributed by atoms with Crippen molar-refractivity contribution in [1.82, 2.24) is 4.90 Å². The minimum absolute atomic E-state index is 0.0766. The van der Waals surface area contributed by atoms with E-state index in [0.717, 1.165) is 0 Å². The number of carbonyl (C=O) groups is 1. The molecule has 0 radical (unpaired) electrons. The Hall–Kier alpha value is -0.730. The van der Waals surface area contributed by atoms with Gasteiger partial charge in [-0.2, -0.15) is 0 Å². The molecule has 31 heavy (non-hydrogen) atoms. The third kappa shape index (κ3) is 6.87. The summed E-state index contributed by atoms with van der Waals surface area (Å²) in [5, 5.41) is 33.7. The van der Waals surface area contributed by atoms with Crippen LogP contribution in [0, 0.1) is 17.8 Å². The highest BCUT2D eigenvalue weighted by Gasteiger charge is 2.47. The van der Waals surface area contributed by atoms with Gasteiger partial charge in [0.1, 0.15) is 17.8 Å². The first-order chi connectivity index (χ1) is 14.2. The Morgan fingerprint density at radius 2 is 1.74 bits per heavy atom. The summed E-state index contributed by atoms with van der Waals surface area (Å²) in [5.74, 6) is -0.952. The van der Waals surface area contributed by atoms with Crippen molar-refractivity contribution >= 4 is 5.97 Å². The van der Waals surface area contributed by atoms with Crippen LogP contribution in [0.15, 0.2) is 0 Å². The van der Waals surface area contributed by atoms with Gasteiger partial charge < -0.3 is 29.7 Å². The number of methoxy groups -OCH3 is 1. The number of aliphatic hydroxyl groups is 3. The number of aliphatic hydroxyl groups excluding tert-OH is 1. The Bertz CT molecular complexity index is 570. The maximum atomic E-state index is 13.0. The molecule has 0 saturated carbocycles. The number of hydrogen-bond acceptors (Lipinski definition) is 7. The topological polar surface area (TPSA) is 99.5 Å². The highest BCUT2D eigenvalue weighted by Crippen LogP contribution is 2.33. The molecular formula is C24H47NO6. The number of ether oxygens (including phenoxy) is 2. The van der Waals surface area contributed by atoms with Crippen LogP contribution in [0.3, 0.4) is 0 Å². The first-order valence-corrected chi connectivity index (χ1v) is 11.8. The molecule has 1 saturated heterocycles. The van der Waals surface area contributed by atoms with E-state index in [0.29, 0.717) is 25.8 Å². The molecule has 0 aromatic heterocycles. The molecule has 0 unspecified atom stereocenters. The van der Waals surface area contributed by atoms with Gasteiger partial charge >= 0.3 is 5.97 Å². The van der Waals surface area contributed by atoms with Crippen LogP contribution in [-0.4, -0.2) is 82.4 Å². The van der Waals surface area contributed by atoms with Crippen molar-refractivity contribution in [2.24, 2.45) is 17.8 Å². The standard InChI is InChI=1S/C24H47NO6/c1-10-19-24(29,11-2)21(26)18(6)25(8)14-15(3)12-23(7,28)13-16(4)20(30-9)17(5)22(27)31-19/h15-21,26,28-29H,10-14H2,1-9H3/t15-,16-,17-,18-,19-,20+,21-,23-,24-/m1/s1. The van der Waals surface area contributed by atoms with Gasteiger partial charge in [-0.25, -0.2) is 0 Å². The molecular weight excluding hydrogens is 398 g/mol. The van der Waals surface area contributed by atoms with E-state index in [1.54, 1.807) is 21.0 Å². The van der Waals surface area contributed by atoms with Crippen LogP contribution in [0.5, 0.6) is 0 Å². The molecule has 0 amide bonds. The largest absolute Gasteiger partial charge is 0.459 e. The minimum Gasteiger partial charge on any atom is -0.459 e. The van der Waals surface area contributed by atoms with Crippen molar-refractivity contribution in [3.05, 3.63) is 0 Å². The number of hydrogen-bond donors (Lipinski definition) is 3. The second-order valence-electron chi connectivity index (χ2n) is 10.3. The summed E-state index contributed by atoms with van der Waals surface area (Å²) in [6.07, 6.45) is -0.670. The van der Waals surface area contributed by atoms with Crippen molar-refractivity contribution in [1.29, 1.82) is 0 Å². The Balaban J connectivity index is 3.40. The Labute approximate surface area is 189 Å². The van der Waals surface area contributed by atoms with Gasteiger partial charge in [0.05, 0.1) is 17.6 Å². The van der Waals surface area contributed by atoms with Crippen molar-refractivity contribution in [3.63, 3.8) is 0 Å². The smallest absolute Gasteiger partial charge is 0.311 e. The highest BCUT2D eigenvalue weighted by molar-refractivity contribution is 5.73. The van der Waals surface area contributed by atoms with E-state index in [9.17, 15) is 20.1 Å². The second kappa shape index (κ2) is 11.4. The first-order valence-electron chi connectivity index (χ1n) is 11.8. The molecule has 1 aliphatic rings. The van der Waals surface area contributed by atoms with E-state index in [2.05, 4.69) is 6.92 Å². The molecule has 0 spiro atoms. The maximum absolute atomic E-state index is 13.0. The van der Waals surface area contributed by atoms with Crippen LogP contribution in [0.4, 0.5) is 0 Å². The summed E-state index contributed by atoms with van der Waals surface area (Å²) in [4.78, 5) is 15.0. The van der Waals surface area contributed by atoms with E-state index < -0.39 is 41.4 Å². The average Bonchev–Trinajstić information content (AvgIpc) is 2.68. The Morgan fingerprint density at radius 3 is 2.23 bits per heavy atom. The second-order valence-corrected chi connectivity index (χ2v) is 10.3. The number of cyclic esters (lactones) is 1. The number of esters is 1. The lowest BCUT2D eigenvalue weighted by Gasteiger charge is -2.43. The predicted octanol–water partition coefficient (Wildman–Crippen LogP) is 2.60. The van der Waals surface area contributed by atoms with Crippen LogP contribution in [0.25, 0.3) is 0 Å². The number of rotatable bonds is 3. The third-order valence-corrected chi connectivity index (χ3v) is 7.26. The van der Waals surface area contributed by atoms with Crippen molar-refractivity contribution in [2.45, 2.75) is 110 Å². The van der Waals surface area contributed by atoms with E-state index in [1.165, 1.54) is 0 Å². The average molecular weight is 446 g/mol. The molecule has 7 heteroatoms. The van der Waals surface area contributed by atoms with Crippen molar-refractivity contribution < 1.29 is 29.6 Å². The summed E-state index contributed by atoms with van der Waals surface area (Å²) in [6, 6.07) is -0.363. The van der Waals surface area contributed by atoms with Gasteiger partial charge in [0, 0.05) is 19.7 Å². The van der Waals surface area contributed by atoms with Gasteiger partial charge in [-0.1, -0.05) is 27.7 Å². The molecule has 0 aliphatic carbocycles. The van der Waals surface area contributed by atoms with Crippen molar-refractivity contribution in [2.75, 3.05) is 20.7 Å². The third-order valence-electron chi connectivity index (χ3n) is 7.26. The zero-order chi connectivity index (χ0) is 24.1. The molecule has 9 atom stereocenters. The molecule has 1 aliphatic heterocycles. The lowest BCUT2D eigenvalue weighted by atomic mass is 9.80. The molecule has 3 N–H and O–H groups in total. The van der Waals surface area contributed by atoms with Gasteiger partial charge in [0.15, 0.2) is 0 Å². The van der Waals surface area contributed by atoms with Crippen LogP contribution in [0.1, 0.15) is 74.1 Å². The van der Waals surface area contributed by atoms with Crippen LogP contribution in [0.2, 0.25) is 0 Å². The number of likely N-dealkylation sites (N-methyl/N-ethyl adjacent to an activating group) is 1. The summed E-state index contributed by atoms with van der Waals surface area (Å²) in [6.45, 7) is 13.8. The number of nitrogens with zero attached hydrogens (tertiary/aromatic N) is 1. The van der Waals surface area contributed by atoms with Gasteiger partial charge in [-0.3, -0.25) is 4.79 Å².